The van der Waals surface area contributed by atoms with Gasteiger partial charge in [0.1, 0.15) is 5.82 Å². The van der Waals surface area contributed by atoms with Crippen LogP contribution in [0, 0.1) is 5.82 Å². The molecule has 1 aliphatic heterocycles. The molecule has 3 rings (SSSR count). The number of hydrogen-bond donors (Lipinski definition) is 1. The summed E-state index contributed by atoms with van der Waals surface area (Å²) in [4.78, 5) is 17.4. The second-order valence-corrected chi connectivity index (χ2v) is 7.26. The van der Waals surface area contributed by atoms with Crippen LogP contribution in [0.1, 0.15) is 44.6 Å². The SMILES string of the molecule is CCN(CCNC(=O)[C@H]1CCCCN1Cc1ccc(F)cc1)C1CC1. The molecule has 1 heterocycles. The molecule has 1 aliphatic carbocycles. The van der Waals surface area contributed by atoms with Crippen molar-refractivity contribution in [1.82, 2.24) is 15.1 Å². The number of nitrogens with one attached hydrogen (secondary N) is 1. The van der Waals surface area contributed by atoms with Crippen molar-refractivity contribution in [3.8, 4) is 0 Å². The zero-order chi connectivity index (χ0) is 17.6. The number of likely N-dealkylation sites (tertiary alicyclic amines) is 1. The van der Waals surface area contributed by atoms with E-state index in [2.05, 4.69) is 22.0 Å². The molecule has 138 valence electrons. The second kappa shape index (κ2) is 8.77. The van der Waals surface area contributed by atoms with Crippen molar-refractivity contribution in [2.45, 2.75) is 57.7 Å². The van der Waals surface area contributed by atoms with E-state index in [4.69, 9.17) is 0 Å². The molecule has 1 amide bonds. The largest absolute Gasteiger partial charge is 0.353 e. The number of nitrogens with zero attached hydrogens (tertiary/aromatic N) is 2. The number of amides is 1. The number of likely N-dealkylation sites (N-methyl/N-ethyl adjacent to an activating group) is 1. The molecule has 5 heteroatoms. The summed E-state index contributed by atoms with van der Waals surface area (Å²) in [6.45, 7) is 6.55. The summed E-state index contributed by atoms with van der Waals surface area (Å²) in [5.74, 6) is -0.0681. The number of benzene rings is 1. The number of rotatable bonds is 8. The van der Waals surface area contributed by atoms with Crippen LogP contribution in [0.15, 0.2) is 24.3 Å². The van der Waals surface area contributed by atoms with Crippen LogP contribution >= 0.6 is 0 Å². The highest BCUT2D eigenvalue weighted by atomic mass is 19.1. The minimum Gasteiger partial charge on any atom is -0.353 e. The maximum atomic E-state index is 13.1. The Morgan fingerprint density at radius 2 is 2.00 bits per heavy atom. The Bertz CT molecular complexity index is 559. The van der Waals surface area contributed by atoms with Crippen LogP contribution in [0.4, 0.5) is 4.39 Å². The Hall–Kier alpha value is -1.46. The van der Waals surface area contributed by atoms with Gasteiger partial charge in [-0.3, -0.25) is 14.6 Å². The van der Waals surface area contributed by atoms with Gasteiger partial charge in [-0.2, -0.15) is 0 Å². The van der Waals surface area contributed by atoms with Gasteiger partial charge in [0.15, 0.2) is 0 Å². The molecular formula is C20H30FN3O. The Labute approximate surface area is 150 Å². The van der Waals surface area contributed by atoms with E-state index in [0.29, 0.717) is 6.54 Å². The first-order valence-electron chi connectivity index (χ1n) is 9.67. The molecule has 1 saturated heterocycles. The summed E-state index contributed by atoms with van der Waals surface area (Å²) in [7, 11) is 0. The first-order valence-corrected chi connectivity index (χ1v) is 9.67. The van der Waals surface area contributed by atoms with Gasteiger partial charge in [-0.1, -0.05) is 25.5 Å². The van der Waals surface area contributed by atoms with E-state index in [-0.39, 0.29) is 17.8 Å². The lowest BCUT2D eigenvalue weighted by Crippen LogP contribution is -2.50. The van der Waals surface area contributed by atoms with Crippen molar-refractivity contribution in [3.63, 3.8) is 0 Å². The summed E-state index contributed by atoms with van der Waals surface area (Å²) in [5, 5.41) is 3.14. The topological polar surface area (TPSA) is 35.6 Å². The lowest BCUT2D eigenvalue weighted by molar-refractivity contribution is -0.128. The first-order chi connectivity index (χ1) is 12.2. The van der Waals surface area contributed by atoms with Crippen LogP contribution in [0.25, 0.3) is 0 Å². The minimum atomic E-state index is -0.215. The molecular weight excluding hydrogens is 317 g/mol. The number of piperidine rings is 1. The number of hydrogen-bond acceptors (Lipinski definition) is 3. The fraction of sp³-hybridized carbons (Fsp3) is 0.650. The van der Waals surface area contributed by atoms with E-state index in [9.17, 15) is 9.18 Å². The molecule has 0 bridgehead atoms. The molecule has 1 N–H and O–H groups in total. The molecule has 1 saturated carbocycles. The normalized spacial score (nSPS) is 21.5. The van der Waals surface area contributed by atoms with E-state index in [0.717, 1.165) is 57.0 Å². The van der Waals surface area contributed by atoms with Crippen molar-refractivity contribution in [2.24, 2.45) is 0 Å². The average Bonchev–Trinajstić information content (AvgIpc) is 3.46. The van der Waals surface area contributed by atoms with Crippen molar-refractivity contribution in [3.05, 3.63) is 35.6 Å². The van der Waals surface area contributed by atoms with Gasteiger partial charge in [-0.25, -0.2) is 4.39 Å². The smallest absolute Gasteiger partial charge is 0.237 e. The standard InChI is InChI=1S/C20H30FN3O/c1-2-23(18-10-11-18)14-12-22-20(25)19-5-3-4-13-24(19)15-16-6-8-17(21)9-7-16/h6-9,18-19H,2-5,10-15H2,1H3,(H,22,25)/t19-/m1/s1. The van der Waals surface area contributed by atoms with E-state index >= 15 is 0 Å². The van der Waals surface area contributed by atoms with Crippen LogP contribution in [0.5, 0.6) is 0 Å². The van der Waals surface area contributed by atoms with Gasteiger partial charge in [0.25, 0.3) is 0 Å². The Kier molecular flexibility index (Phi) is 6.43. The fourth-order valence-electron chi connectivity index (χ4n) is 3.78. The van der Waals surface area contributed by atoms with Gasteiger partial charge in [-0.05, 0) is 56.5 Å². The Balaban J connectivity index is 1.50. The molecule has 1 aromatic rings. The third-order valence-electron chi connectivity index (χ3n) is 5.38. The lowest BCUT2D eigenvalue weighted by atomic mass is 10.0. The summed E-state index contributed by atoms with van der Waals surface area (Å²) >= 11 is 0. The quantitative estimate of drug-likeness (QED) is 0.785. The molecule has 1 atom stereocenters. The average molecular weight is 347 g/mol. The first kappa shape index (κ1) is 18.3. The molecule has 1 aromatic carbocycles. The highest BCUT2D eigenvalue weighted by molar-refractivity contribution is 5.81. The van der Waals surface area contributed by atoms with Crippen molar-refractivity contribution in [1.29, 1.82) is 0 Å². The third-order valence-corrected chi connectivity index (χ3v) is 5.38. The Morgan fingerprint density at radius 1 is 1.24 bits per heavy atom. The van der Waals surface area contributed by atoms with E-state index < -0.39 is 0 Å². The van der Waals surface area contributed by atoms with E-state index in [1.54, 1.807) is 0 Å². The maximum Gasteiger partial charge on any atom is 0.237 e. The van der Waals surface area contributed by atoms with E-state index in [1.807, 2.05) is 12.1 Å². The summed E-state index contributed by atoms with van der Waals surface area (Å²) in [5.41, 5.74) is 1.06. The van der Waals surface area contributed by atoms with Gasteiger partial charge in [0, 0.05) is 25.7 Å². The van der Waals surface area contributed by atoms with Crippen LogP contribution in [0.2, 0.25) is 0 Å². The van der Waals surface area contributed by atoms with Gasteiger partial charge in [0.05, 0.1) is 6.04 Å². The predicted molar refractivity (Wildman–Crippen MR) is 97.7 cm³/mol. The number of halogens is 1. The van der Waals surface area contributed by atoms with E-state index in [1.165, 1.54) is 25.0 Å². The van der Waals surface area contributed by atoms with Crippen LogP contribution in [0.3, 0.4) is 0 Å². The van der Waals surface area contributed by atoms with Gasteiger partial charge in [-0.15, -0.1) is 0 Å². The maximum absolute atomic E-state index is 13.1. The predicted octanol–water partition coefficient (Wildman–Crippen LogP) is 2.78. The van der Waals surface area contributed by atoms with Crippen LogP contribution in [-0.4, -0.2) is 54.0 Å². The monoisotopic (exact) mass is 347 g/mol. The highest BCUT2D eigenvalue weighted by Crippen LogP contribution is 2.26. The molecule has 2 fully saturated rings. The van der Waals surface area contributed by atoms with Crippen molar-refractivity contribution in [2.75, 3.05) is 26.2 Å². The zero-order valence-corrected chi connectivity index (χ0v) is 15.2. The number of carbonyl (C=O) groups is 1. The molecule has 4 nitrogen and oxygen atoms in total. The minimum absolute atomic E-state index is 0.0604. The van der Waals surface area contributed by atoms with Crippen molar-refractivity contribution >= 4 is 5.91 Å². The molecule has 0 spiro atoms. The molecule has 0 radical (unpaired) electrons. The van der Waals surface area contributed by atoms with Gasteiger partial charge in [0.2, 0.25) is 5.91 Å². The zero-order valence-electron chi connectivity index (χ0n) is 15.2. The Morgan fingerprint density at radius 3 is 2.68 bits per heavy atom. The molecule has 0 unspecified atom stereocenters. The summed E-state index contributed by atoms with van der Waals surface area (Å²) < 4.78 is 13.1. The summed E-state index contributed by atoms with van der Waals surface area (Å²) in [6.07, 6.45) is 5.73. The fourth-order valence-corrected chi connectivity index (χ4v) is 3.78. The van der Waals surface area contributed by atoms with Crippen LogP contribution in [-0.2, 0) is 11.3 Å². The van der Waals surface area contributed by atoms with Gasteiger partial charge < -0.3 is 5.32 Å². The number of carbonyl (C=O) groups excluding carboxylic acids is 1. The summed E-state index contributed by atoms with van der Waals surface area (Å²) in [6, 6.07) is 7.29. The van der Waals surface area contributed by atoms with Crippen molar-refractivity contribution < 1.29 is 9.18 Å². The third kappa shape index (κ3) is 5.25. The van der Waals surface area contributed by atoms with Crippen LogP contribution < -0.4 is 5.32 Å². The second-order valence-electron chi connectivity index (χ2n) is 7.26. The van der Waals surface area contributed by atoms with Gasteiger partial charge >= 0.3 is 0 Å². The highest BCUT2D eigenvalue weighted by Gasteiger charge is 2.30. The molecule has 0 aromatic heterocycles. The molecule has 2 aliphatic rings. The lowest BCUT2D eigenvalue weighted by Gasteiger charge is -2.35. The molecule has 25 heavy (non-hydrogen) atoms.